The predicted octanol–water partition coefficient (Wildman–Crippen LogP) is 2.96. The van der Waals surface area contributed by atoms with Gasteiger partial charge in [-0.05, 0) is 47.0 Å². The fraction of sp³-hybridized carbons (Fsp3) is 0.789. The largest absolute Gasteiger partial charge is 0.466 e. The number of unbranched alkanes of at least 4 members (excludes halogenated alkanes) is 1. The van der Waals surface area contributed by atoms with Crippen molar-refractivity contribution in [2.24, 2.45) is 0 Å². The third-order valence-corrected chi connectivity index (χ3v) is 2.99. The van der Waals surface area contributed by atoms with Gasteiger partial charge in [0.25, 0.3) is 0 Å². The molecule has 0 aliphatic heterocycles. The van der Waals surface area contributed by atoms with Crippen LogP contribution in [0.3, 0.4) is 0 Å². The van der Waals surface area contributed by atoms with Gasteiger partial charge in [0.15, 0.2) is 0 Å². The zero-order chi connectivity index (χ0) is 20.9. The number of carbonyl (C=O) groups excluding carboxylic acids is 4. The second kappa shape index (κ2) is 20.2. The number of hydrogen-bond acceptors (Lipinski definition) is 8. The molecule has 27 heavy (non-hydrogen) atoms. The molecular formula is C19H34O8. The summed E-state index contributed by atoms with van der Waals surface area (Å²) in [6.07, 6.45) is 3.19. The molecule has 0 spiro atoms. The third-order valence-electron chi connectivity index (χ3n) is 2.99. The Bertz CT molecular complexity index is 382. The molecule has 0 heterocycles. The second-order valence-corrected chi connectivity index (χ2v) is 5.28. The third kappa shape index (κ3) is 21.8. The number of rotatable bonds is 13. The first-order valence-electron chi connectivity index (χ1n) is 9.53. The lowest BCUT2D eigenvalue weighted by molar-refractivity contribution is -0.145. The van der Waals surface area contributed by atoms with E-state index >= 15 is 0 Å². The van der Waals surface area contributed by atoms with Crippen molar-refractivity contribution in [1.29, 1.82) is 0 Å². The van der Waals surface area contributed by atoms with Crippen LogP contribution in [0.1, 0.15) is 72.6 Å². The highest BCUT2D eigenvalue weighted by Gasteiger charge is 2.05. The predicted molar refractivity (Wildman–Crippen MR) is 98.9 cm³/mol. The van der Waals surface area contributed by atoms with E-state index in [9.17, 15) is 19.2 Å². The number of carbonyl (C=O) groups is 4. The van der Waals surface area contributed by atoms with E-state index in [0.717, 1.165) is 0 Å². The molecule has 0 atom stereocenters. The van der Waals surface area contributed by atoms with E-state index in [0.29, 0.717) is 58.5 Å². The lowest BCUT2D eigenvalue weighted by atomic mass is 10.2. The zero-order valence-electron chi connectivity index (χ0n) is 17.0. The van der Waals surface area contributed by atoms with Crippen molar-refractivity contribution in [1.82, 2.24) is 0 Å². The van der Waals surface area contributed by atoms with E-state index in [1.165, 1.54) is 0 Å². The van der Waals surface area contributed by atoms with E-state index < -0.39 is 0 Å². The zero-order valence-corrected chi connectivity index (χ0v) is 17.0. The summed E-state index contributed by atoms with van der Waals surface area (Å²) in [7, 11) is 0. The standard InChI is InChI=1S/C10H18O4.C9H16O4/c1-3-13-9(11)7-5-6-8-10(12)14-4-2;1-3-12-8(10)6-5-7-9(11)13-4-2/h3-8H2,1-2H3;3-7H2,1-2H3. The van der Waals surface area contributed by atoms with E-state index in [1.807, 2.05) is 0 Å². The minimum atomic E-state index is -0.258. The van der Waals surface area contributed by atoms with Crippen LogP contribution in [-0.4, -0.2) is 50.3 Å². The summed E-state index contributed by atoms with van der Waals surface area (Å²) in [5.41, 5.74) is 0. The van der Waals surface area contributed by atoms with Gasteiger partial charge in [-0.3, -0.25) is 19.2 Å². The van der Waals surface area contributed by atoms with Gasteiger partial charge in [0.05, 0.1) is 26.4 Å². The smallest absolute Gasteiger partial charge is 0.305 e. The van der Waals surface area contributed by atoms with Gasteiger partial charge in [0.2, 0.25) is 0 Å². The molecular weight excluding hydrogens is 356 g/mol. The summed E-state index contributed by atoms with van der Waals surface area (Å²) >= 11 is 0. The Hall–Kier alpha value is -2.12. The average molecular weight is 390 g/mol. The minimum absolute atomic E-state index is 0.198. The maximum atomic E-state index is 10.9. The first kappa shape index (κ1) is 27.1. The minimum Gasteiger partial charge on any atom is -0.466 e. The van der Waals surface area contributed by atoms with Gasteiger partial charge in [-0.15, -0.1) is 0 Å². The van der Waals surface area contributed by atoms with Gasteiger partial charge >= 0.3 is 23.9 Å². The molecule has 0 aromatic carbocycles. The van der Waals surface area contributed by atoms with Gasteiger partial charge in [0.1, 0.15) is 0 Å². The van der Waals surface area contributed by atoms with Gasteiger partial charge in [-0.25, -0.2) is 0 Å². The Kier molecular flexibility index (Phi) is 20.3. The maximum absolute atomic E-state index is 10.9. The Morgan fingerprint density at radius 2 is 0.667 bits per heavy atom. The first-order valence-corrected chi connectivity index (χ1v) is 9.53. The molecule has 158 valence electrons. The highest BCUT2D eigenvalue weighted by Crippen LogP contribution is 2.02. The molecule has 0 unspecified atom stereocenters. The Morgan fingerprint density at radius 1 is 0.444 bits per heavy atom. The molecule has 8 heteroatoms. The van der Waals surface area contributed by atoms with Crippen molar-refractivity contribution < 1.29 is 38.1 Å². The van der Waals surface area contributed by atoms with Crippen molar-refractivity contribution in [3.63, 3.8) is 0 Å². The molecule has 0 N–H and O–H groups in total. The molecule has 0 amide bonds. The first-order chi connectivity index (χ1) is 12.9. The van der Waals surface area contributed by atoms with Crippen molar-refractivity contribution in [3.05, 3.63) is 0 Å². The molecule has 0 aliphatic rings. The molecule has 0 aromatic heterocycles. The second-order valence-electron chi connectivity index (χ2n) is 5.28. The normalized spacial score (nSPS) is 9.48. The molecule has 0 saturated heterocycles. The highest BCUT2D eigenvalue weighted by molar-refractivity contribution is 5.72. The van der Waals surface area contributed by atoms with Crippen LogP contribution in [0.15, 0.2) is 0 Å². The lowest BCUT2D eigenvalue weighted by Gasteiger charge is -2.02. The summed E-state index contributed by atoms with van der Waals surface area (Å²) in [6.45, 7) is 8.66. The number of hydrogen-bond donors (Lipinski definition) is 0. The fourth-order valence-corrected chi connectivity index (χ4v) is 1.85. The molecule has 0 aliphatic carbocycles. The number of ether oxygens (including phenoxy) is 4. The van der Waals surface area contributed by atoms with Crippen LogP contribution in [0.4, 0.5) is 0 Å². The average Bonchev–Trinajstić information content (AvgIpc) is 2.60. The Balaban J connectivity index is 0. The summed E-state index contributed by atoms with van der Waals surface area (Å²) in [6, 6.07) is 0. The fourth-order valence-electron chi connectivity index (χ4n) is 1.85. The summed E-state index contributed by atoms with van der Waals surface area (Å²) in [4.78, 5) is 43.4. The van der Waals surface area contributed by atoms with Gasteiger partial charge in [-0.1, -0.05) is 0 Å². The van der Waals surface area contributed by atoms with Gasteiger partial charge in [-0.2, -0.15) is 0 Å². The van der Waals surface area contributed by atoms with Crippen molar-refractivity contribution in [3.8, 4) is 0 Å². The van der Waals surface area contributed by atoms with E-state index in [-0.39, 0.29) is 36.7 Å². The monoisotopic (exact) mass is 390 g/mol. The quantitative estimate of drug-likeness (QED) is 0.268. The summed E-state index contributed by atoms with van der Waals surface area (Å²) in [5, 5.41) is 0. The molecule has 0 aromatic rings. The summed E-state index contributed by atoms with van der Waals surface area (Å²) < 4.78 is 18.9. The van der Waals surface area contributed by atoms with Gasteiger partial charge in [0, 0.05) is 25.7 Å². The molecule has 0 fully saturated rings. The van der Waals surface area contributed by atoms with E-state index in [1.54, 1.807) is 27.7 Å². The Morgan fingerprint density at radius 3 is 0.889 bits per heavy atom. The molecule has 0 bridgehead atoms. The van der Waals surface area contributed by atoms with Crippen LogP contribution in [0.5, 0.6) is 0 Å². The van der Waals surface area contributed by atoms with Crippen LogP contribution in [0.25, 0.3) is 0 Å². The van der Waals surface area contributed by atoms with Crippen LogP contribution >= 0.6 is 0 Å². The van der Waals surface area contributed by atoms with E-state index in [4.69, 9.17) is 18.9 Å². The molecule has 8 nitrogen and oxygen atoms in total. The topological polar surface area (TPSA) is 105 Å². The SMILES string of the molecule is CCOC(=O)CCCC(=O)OCC.CCOC(=O)CCCCC(=O)OCC. The van der Waals surface area contributed by atoms with Crippen molar-refractivity contribution in [2.45, 2.75) is 72.6 Å². The maximum Gasteiger partial charge on any atom is 0.305 e. The van der Waals surface area contributed by atoms with Gasteiger partial charge < -0.3 is 18.9 Å². The molecule has 0 saturated carbocycles. The van der Waals surface area contributed by atoms with Crippen LogP contribution < -0.4 is 0 Å². The summed E-state index contributed by atoms with van der Waals surface area (Å²) in [5.74, 6) is -0.911. The Labute approximate surface area is 161 Å². The van der Waals surface area contributed by atoms with Crippen molar-refractivity contribution >= 4 is 23.9 Å². The molecule has 0 rings (SSSR count). The lowest BCUT2D eigenvalue weighted by Crippen LogP contribution is -2.07. The van der Waals surface area contributed by atoms with Crippen LogP contribution in [0.2, 0.25) is 0 Å². The number of esters is 4. The van der Waals surface area contributed by atoms with E-state index in [2.05, 4.69) is 0 Å². The molecule has 0 radical (unpaired) electrons. The van der Waals surface area contributed by atoms with Crippen LogP contribution in [0, 0.1) is 0 Å². The van der Waals surface area contributed by atoms with Crippen LogP contribution in [-0.2, 0) is 38.1 Å². The highest BCUT2D eigenvalue weighted by atomic mass is 16.5. The van der Waals surface area contributed by atoms with Crippen molar-refractivity contribution in [2.75, 3.05) is 26.4 Å².